The van der Waals surface area contributed by atoms with Crippen molar-refractivity contribution < 1.29 is 4.74 Å². The van der Waals surface area contributed by atoms with E-state index in [2.05, 4.69) is 25.8 Å². The Labute approximate surface area is 91.7 Å². The van der Waals surface area contributed by atoms with Gasteiger partial charge in [-0.1, -0.05) is 26.8 Å². The van der Waals surface area contributed by atoms with Crippen LogP contribution in [-0.2, 0) is 6.54 Å². The van der Waals surface area contributed by atoms with Crippen LogP contribution in [0, 0.1) is 5.41 Å². The largest absolute Gasteiger partial charge is 0.477 e. The Bertz CT molecular complexity index is 305. The zero-order chi connectivity index (χ0) is 11.3. The van der Waals surface area contributed by atoms with Crippen molar-refractivity contribution in [3.05, 3.63) is 23.9 Å². The molecule has 1 rings (SSSR count). The van der Waals surface area contributed by atoms with E-state index in [1.807, 2.05) is 12.1 Å². The van der Waals surface area contributed by atoms with E-state index in [1.54, 1.807) is 6.20 Å². The van der Waals surface area contributed by atoms with Crippen LogP contribution in [0.2, 0.25) is 0 Å². The average molecular weight is 208 g/mol. The third kappa shape index (κ3) is 4.30. The summed E-state index contributed by atoms with van der Waals surface area (Å²) in [5.41, 5.74) is 6.84. The zero-order valence-corrected chi connectivity index (χ0v) is 9.79. The van der Waals surface area contributed by atoms with E-state index in [1.165, 1.54) is 0 Å². The molecule has 15 heavy (non-hydrogen) atoms. The minimum atomic E-state index is 0.289. The van der Waals surface area contributed by atoms with Gasteiger partial charge in [-0.25, -0.2) is 4.98 Å². The highest BCUT2D eigenvalue weighted by atomic mass is 16.5. The van der Waals surface area contributed by atoms with Gasteiger partial charge in [0.1, 0.15) is 0 Å². The van der Waals surface area contributed by atoms with Crippen molar-refractivity contribution in [2.75, 3.05) is 6.61 Å². The topological polar surface area (TPSA) is 48.1 Å². The number of ether oxygens (including phenoxy) is 1. The van der Waals surface area contributed by atoms with Crippen LogP contribution in [0.5, 0.6) is 5.88 Å². The van der Waals surface area contributed by atoms with E-state index in [0.717, 1.165) is 12.0 Å². The molecule has 3 nitrogen and oxygen atoms in total. The van der Waals surface area contributed by atoms with Crippen molar-refractivity contribution >= 4 is 0 Å². The molecule has 0 unspecified atom stereocenters. The van der Waals surface area contributed by atoms with Crippen LogP contribution in [0.3, 0.4) is 0 Å². The number of nitrogens with zero attached hydrogens (tertiary/aromatic N) is 1. The van der Waals surface area contributed by atoms with Gasteiger partial charge in [-0.3, -0.25) is 0 Å². The molecule has 1 aromatic rings. The van der Waals surface area contributed by atoms with Crippen LogP contribution in [0.25, 0.3) is 0 Å². The highest BCUT2D eigenvalue weighted by molar-refractivity contribution is 5.24. The van der Waals surface area contributed by atoms with E-state index in [4.69, 9.17) is 10.5 Å². The van der Waals surface area contributed by atoms with Gasteiger partial charge in [0.15, 0.2) is 0 Å². The molecule has 0 radical (unpaired) electrons. The molecule has 0 fully saturated rings. The second-order valence-corrected chi connectivity index (χ2v) is 4.83. The van der Waals surface area contributed by atoms with Crippen molar-refractivity contribution in [1.29, 1.82) is 0 Å². The van der Waals surface area contributed by atoms with Gasteiger partial charge in [0.05, 0.1) is 6.61 Å². The lowest BCUT2D eigenvalue weighted by atomic mass is 9.93. The minimum Gasteiger partial charge on any atom is -0.477 e. The van der Waals surface area contributed by atoms with E-state index in [0.29, 0.717) is 19.0 Å². The molecule has 3 heteroatoms. The van der Waals surface area contributed by atoms with Gasteiger partial charge in [0, 0.05) is 18.3 Å². The zero-order valence-electron chi connectivity index (χ0n) is 9.79. The number of nitrogens with two attached hydrogens (primary N) is 1. The lowest BCUT2D eigenvalue weighted by molar-refractivity contribution is 0.234. The highest BCUT2D eigenvalue weighted by Crippen LogP contribution is 2.20. The Morgan fingerprint density at radius 3 is 2.73 bits per heavy atom. The van der Waals surface area contributed by atoms with Crippen molar-refractivity contribution in [3.8, 4) is 5.88 Å². The second-order valence-electron chi connectivity index (χ2n) is 4.83. The Morgan fingerprint density at radius 1 is 1.40 bits per heavy atom. The Hall–Kier alpha value is -1.09. The first kappa shape index (κ1) is 12.0. The van der Waals surface area contributed by atoms with Crippen LogP contribution < -0.4 is 10.5 Å². The van der Waals surface area contributed by atoms with Crippen molar-refractivity contribution in [1.82, 2.24) is 4.98 Å². The third-order valence-corrected chi connectivity index (χ3v) is 2.16. The monoisotopic (exact) mass is 208 g/mol. The molecule has 0 bridgehead atoms. The molecule has 0 spiro atoms. The molecule has 0 saturated carbocycles. The first-order valence-corrected chi connectivity index (χ1v) is 5.30. The molecule has 84 valence electrons. The second kappa shape index (κ2) is 5.12. The van der Waals surface area contributed by atoms with Crippen molar-refractivity contribution in [2.45, 2.75) is 33.7 Å². The third-order valence-electron chi connectivity index (χ3n) is 2.16. The van der Waals surface area contributed by atoms with Gasteiger partial charge in [0.25, 0.3) is 0 Å². The fraction of sp³-hybridized carbons (Fsp3) is 0.583. The molecule has 2 N–H and O–H groups in total. The summed E-state index contributed by atoms with van der Waals surface area (Å²) in [7, 11) is 0. The standard InChI is InChI=1S/C12H20N2O/c1-12(2,3)6-8-15-11-10(9-13)5-4-7-14-11/h4-5,7H,6,8-9,13H2,1-3H3. The molecule has 0 aliphatic heterocycles. The minimum absolute atomic E-state index is 0.289. The van der Waals surface area contributed by atoms with E-state index < -0.39 is 0 Å². The van der Waals surface area contributed by atoms with Gasteiger partial charge < -0.3 is 10.5 Å². The predicted octanol–water partition coefficient (Wildman–Crippen LogP) is 2.36. The van der Waals surface area contributed by atoms with Crippen molar-refractivity contribution in [2.24, 2.45) is 11.1 Å². The van der Waals surface area contributed by atoms with Gasteiger partial charge in [-0.2, -0.15) is 0 Å². The maximum atomic E-state index is 5.61. The molecule has 1 heterocycles. The normalized spacial score (nSPS) is 11.5. The van der Waals surface area contributed by atoms with Crippen LogP contribution in [-0.4, -0.2) is 11.6 Å². The Kier molecular flexibility index (Phi) is 4.09. The summed E-state index contributed by atoms with van der Waals surface area (Å²) in [5.74, 6) is 0.671. The Morgan fingerprint density at radius 2 is 2.13 bits per heavy atom. The average Bonchev–Trinajstić information content (AvgIpc) is 2.16. The smallest absolute Gasteiger partial charge is 0.217 e. The van der Waals surface area contributed by atoms with E-state index in [9.17, 15) is 0 Å². The van der Waals surface area contributed by atoms with Gasteiger partial charge >= 0.3 is 0 Å². The molecule has 0 aromatic carbocycles. The maximum absolute atomic E-state index is 5.61. The first-order valence-electron chi connectivity index (χ1n) is 5.30. The number of aromatic nitrogens is 1. The molecule has 0 saturated heterocycles. The molecular weight excluding hydrogens is 188 g/mol. The molecule has 0 atom stereocenters. The fourth-order valence-corrected chi connectivity index (χ4v) is 1.16. The van der Waals surface area contributed by atoms with E-state index >= 15 is 0 Å². The summed E-state index contributed by atoms with van der Waals surface area (Å²) in [6.07, 6.45) is 2.74. The quantitative estimate of drug-likeness (QED) is 0.826. The summed E-state index contributed by atoms with van der Waals surface area (Å²) in [6.45, 7) is 7.74. The Balaban J connectivity index is 2.50. The molecule has 0 aliphatic rings. The van der Waals surface area contributed by atoms with Crippen LogP contribution >= 0.6 is 0 Å². The predicted molar refractivity (Wildman–Crippen MR) is 61.7 cm³/mol. The fourth-order valence-electron chi connectivity index (χ4n) is 1.16. The van der Waals surface area contributed by atoms with Crippen molar-refractivity contribution in [3.63, 3.8) is 0 Å². The molecular formula is C12H20N2O. The lowest BCUT2D eigenvalue weighted by Crippen LogP contribution is -2.12. The summed E-state index contributed by atoms with van der Waals surface area (Å²) < 4.78 is 5.61. The van der Waals surface area contributed by atoms with Crippen LogP contribution in [0.4, 0.5) is 0 Å². The number of rotatable bonds is 4. The summed E-state index contributed by atoms with van der Waals surface area (Å²) in [5, 5.41) is 0. The lowest BCUT2D eigenvalue weighted by Gasteiger charge is -2.18. The van der Waals surface area contributed by atoms with Crippen LogP contribution in [0.1, 0.15) is 32.8 Å². The van der Waals surface area contributed by atoms with Gasteiger partial charge in [0.2, 0.25) is 5.88 Å². The van der Waals surface area contributed by atoms with Gasteiger partial charge in [-0.15, -0.1) is 0 Å². The SMILES string of the molecule is CC(C)(C)CCOc1ncccc1CN. The molecule has 0 amide bonds. The van der Waals surface area contributed by atoms with Gasteiger partial charge in [-0.05, 0) is 17.9 Å². The van der Waals surface area contributed by atoms with E-state index in [-0.39, 0.29) is 5.41 Å². The maximum Gasteiger partial charge on any atom is 0.217 e. The summed E-state index contributed by atoms with van der Waals surface area (Å²) >= 11 is 0. The number of hydrogen-bond donors (Lipinski definition) is 1. The highest BCUT2D eigenvalue weighted by Gasteiger charge is 2.10. The van der Waals surface area contributed by atoms with Crippen LogP contribution in [0.15, 0.2) is 18.3 Å². The first-order chi connectivity index (χ1) is 7.03. The summed E-state index contributed by atoms with van der Waals surface area (Å²) in [4.78, 5) is 4.17. The molecule has 1 aromatic heterocycles. The molecule has 0 aliphatic carbocycles. The number of hydrogen-bond acceptors (Lipinski definition) is 3. The number of pyridine rings is 1. The summed E-state index contributed by atoms with van der Waals surface area (Å²) in [6, 6.07) is 3.82.